The van der Waals surface area contributed by atoms with Crippen LogP contribution in [-0.4, -0.2) is 44.0 Å². The van der Waals surface area contributed by atoms with E-state index >= 15 is 0 Å². The minimum absolute atomic E-state index is 0. The molecule has 0 amide bonds. The molecule has 6 nitrogen and oxygen atoms in total. The fourth-order valence-corrected chi connectivity index (χ4v) is 10.0. The first kappa shape index (κ1) is 90.5. The Morgan fingerprint density at radius 1 is 0.222 bits per heavy atom. The third kappa shape index (κ3) is 106. The molecule has 0 bridgehead atoms. The van der Waals surface area contributed by atoms with Gasteiger partial charge < -0.3 is 18.6 Å². The Labute approximate surface area is 554 Å². The number of unbranched alkanes of at least 4 members (excludes halogenated alkanes) is 48. The summed E-state index contributed by atoms with van der Waals surface area (Å²) < 4.78 is 45.8. The second-order valence-electron chi connectivity index (χ2n) is 23.4. The van der Waals surface area contributed by atoms with E-state index in [4.69, 9.17) is 27.0 Å². The van der Waals surface area contributed by atoms with Crippen molar-refractivity contribution in [3.8, 4) is 0 Å². The van der Waals surface area contributed by atoms with E-state index in [1.165, 1.54) is 360 Å². The normalized spacial score (nSPS) is 11.6. The van der Waals surface area contributed by atoms with Gasteiger partial charge in [-0.05, 0) is 128 Å². The number of hydrogen-bond donors (Lipinski definition) is 0. The molecule has 0 aliphatic heterocycles. The van der Waals surface area contributed by atoms with Gasteiger partial charge in [0.05, 0.1) is 0 Å². The van der Waals surface area contributed by atoms with Crippen molar-refractivity contribution in [1.82, 2.24) is 0 Å². The van der Waals surface area contributed by atoms with Crippen molar-refractivity contribution in [3.63, 3.8) is 0 Å². The summed E-state index contributed by atoms with van der Waals surface area (Å²) >= 11 is 0. The molecule has 0 unspecified atom stereocenters. The SMILES string of the molecule is CCCCCCCC/C=C\CCCCCCCCOCCCCCCCC/C=C\CCCCCCCC.CCCCCCCC/C=C\CCCCCCCCOCCCCCCCC/C=C\CCCCCCCC.O=S(=O)([O-])[O-].[Na+].[Na+]. The van der Waals surface area contributed by atoms with Crippen LogP contribution in [0.25, 0.3) is 0 Å². The van der Waals surface area contributed by atoms with Crippen LogP contribution in [-0.2, 0) is 19.9 Å². The predicted octanol–water partition coefficient (Wildman–Crippen LogP) is 18.8. The Morgan fingerprint density at radius 2 is 0.333 bits per heavy atom. The first-order valence-corrected chi connectivity index (χ1v) is 36.6. The molecule has 9 heteroatoms. The predicted molar refractivity (Wildman–Crippen MR) is 350 cm³/mol. The summed E-state index contributed by atoms with van der Waals surface area (Å²) in [5.41, 5.74) is 0. The molecule has 0 spiro atoms. The van der Waals surface area contributed by atoms with Gasteiger partial charge in [0, 0.05) is 36.8 Å². The van der Waals surface area contributed by atoms with Gasteiger partial charge in [-0.15, -0.1) is 0 Å². The van der Waals surface area contributed by atoms with Crippen LogP contribution < -0.4 is 59.1 Å². The Morgan fingerprint density at radius 3 is 0.469 bits per heavy atom. The molecule has 0 saturated carbocycles. The molecular formula is C72H140Na2O6S. The van der Waals surface area contributed by atoms with Crippen molar-refractivity contribution >= 4 is 10.4 Å². The summed E-state index contributed by atoms with van der Waals surface area (Å²) in [6, 6.07) is 0. The molecule has 472 valence electrons. The number of allylic oxidation sites excluding steroid dienone is 8. The molecular weight excluding hydrogens is 1040 g/mol. The van der Waals surface area contributed by atoms with Crippen LogP contribution in [0.4, 0.5) is 0 Å². The summed E-state index contributed by atoms with van der Waals surface area (Å²) in [4.78, 5) is 0. The summed E-state index contributed by atoms with van der Waals surface area (Å²) in [5, 5.41) is 0. The fraction of sp³-hybridized carbons (Fsp3) is 0.889. The number of ether oxygens (including phenoxy) is 2. The van der Waals surface area contributed by atoms with Crippen molar-refractivity contribution in [2.45, 2.75) is 387 Å². The average molecular weight is 1180 g/mol. The zero-order chi connectivity index (χ0) is 58.0. The van der Waals surface area contributed by atoms with Gasteiger partial charge in [-0.25, -0.2) is 0 Å². The summed E-state index contributed by atoms with van der Waals surface area (Å²) in [6.45, 7) is 13.1. The van der Waals surface area contributed by atoms with Gasteiger partial charge in [0.1, 0.15) is 0 Å². The third-order valence-corrected chi connectivity index (χ3v) is 15.2. The van der Waals surface area contributed by atoms with E-state index in [1.807, 2.05) is 0 Å². The van der Waals surface area contributed by atoms with E-state index in [2.05, 4.69) is 76.3 Å². The quantitative estimate of drug-likeness (QED) is 0.0198. The van der Waals surface area contributed by atoms with Crippen molar-refractivity contribution in [2.75, 3.05) is 26.4 Å². The van der Waals surface area contributed by atoms with E-state index in [0.717, 1.165) is 26.4 Å². The van der Waals surface area contributed by atoms with Crippen molar-refractivity contribution in [3.05, 3.63) is 48.6 Å². The maximum absolute atomic E-state index is 8.52. The molecule has 0 N–H and O–H groups in total. The third-order valence-electron chi connectivity index (χ3n) is 15.2. The molecule has 0 aliphatic carbocycles. The van der Waals surface area contributed by atoms with Crippen LogP contribution >= 0.6 is 0 Å². The topological polar surface area (TPSA) is 98.7 Å². The first-order chi connectivity index (χ1) is 38.8. The van der Waals surface area contributed by atoms with Crippen LogP contribution in [0.2, 0.25) is 0 Å². The van der Waals surface area contributed by atoms with Gasteiger partial charge in [0.15, 0.2) is 0 Å². The van der Waals surface area contributed by atoms with Gasteiger partial charge in [-0.1, -0.05) is 307 Å². The number of rotatable bonds is 64. The number of hydrogen-bond acceptors (Lipinski definition) is 6. The van der Waals surface area contributed by atoms with Crippen molar-refractivity contribution in [1.29, 1.82) is 0 Å². The zero-order valence-corrected chi connectivity index (χ0v) is 60.7. The molecule has 0 aromatic carbocycles. The Hall–Kier alpha value is 0.750. The minimum Gasteiger partial charge on any atom is -0.759 e. The Kier molecular flexibility index (Phi) is 97.4. The minimum atomic E-state index is -5.17. The first-order valence-electron chi connectivity index (χ1n) is 35.2. The molecule has 0 saturated heterocycles. The van der Waals surface area contributed by atoms with Gasteiger partial charge >= 0.3 is 59.1 Å². The monoisotopic (exact) mass is 1180 g/mol. The largest absolute Gasteiger partial charge is 1.00 e. The molecule has 0 atom stereocenters. The summed E-state index contributed by atoms with van der Waals surface area (Å²) in [5.74, 6) is 0. The van der Waals surface area contributed by atoms with Gasteiger partial charge in [-0.3, -0.25) is 8.42 Å². The molecule has 0 heterocycles. The molecule has 0 aliphatic rings. The molecule has 0 fully saturated rings. The standard InChI is InChI=1S/2C36H70O.2Na.H2O4S/c2*1-3-5-7-9-11-13-15-17-19-21-23-25-27-29-31-33-35-37-36-34-32-30-28-26-24-22-20-18-16-14-12-10-8-6-4-2;;;1-5(2,3)4/h2*17-20H,3-16,21-36H2,1-2H3;;;(H2,1,2,3,4)/q;;2*+1;/p-2/b2*19-17-,20-18-;;;. The summed E-state index contributed by atoms with van der Waals surface area (Å²) in [6.07, 6.45) is 96.2. The average Bonchev–Trinajstić information content (AvgIpc) is 3.43. The van der Waals surface area contributed by atoms with Crippen LogP contribution in [0.1, 0.15) is 387 Å². The summed E-state index contributed by atoms with van der Waals surface area (Å²) in [7, 11) is -5.17. The molecule has 0 aromatic rings. The van der Waals surface area contributed by atoms with Crippen LogP contribution in [0, 0.1) is 0 Å². The van der Waals surface area contributed by atoms with Crippen molar-refractivity contribution in [2.24, 2.45) is 0 Å². The van der Waals surface area contributed by atoms with Gasteiger partial charge in [0.2, 0.25) is 0 Å². The maximum atomic E-state index is 8.52. The zero-order valence-electron chi connectivity index (χ0n) is 55.9. The van der Waals surface area contributed by atoms with E-state index in [1.54, 1.807) is 0 Å². The second-order valence-corrected chi connectivity index (χ2v) is 24.2. The van der Waals surface area contributed by atoms with Gasteiger partial charge in [0.25, 0.3) is 0 Å². The van der Waals surface area contributed by atoms with Crippen molar-refractivity contribution < 1.29 is 86.1 Å². The fourth-order valence-electron chi connectivity index (χ4n) is 10.0. The van der Waals surface area contributed by atoms with Crippen LogP contribution in [0.15, 0.2) is 48.6 Å². The molecule has 0 rings (SSSR count). The van der Waals surface area contributed by atoms with Gasteiger partial charge in [-0.2, -0.15) is 0 Å². The van der Waals surface area contributed by atoms with Crippen LogP contribution in [0.3, 0.4) is 0 Å². The smallest absolute Gasteiger partial charge is 0.759 e. The molecule has 81 heavy (non-hydrogen) atoms. The Balaban J connectivity index is -0.000000428. The van der Waals surface area contributed by atoms with Crippen LogP contribution in [0.5, 0.6) is 0 Å². The van der Waals surface area contributed by atoms with E-state index < -0.39 is 10.4 Å². The van der Waals surface area contributed by atoms with E-state index in [-0.39, 0.29) is 59.1 Å². The molecule has 0 radical (unpaired) electrons. The second kappa shape index (κ2) is 87.2. The van der Waals surface area contributed by atoms with E-state index in [0.29, 0.717) is 0 Å². The Bertz CT molecular complexity index is 1120. The van der Waals surface area contributed by atoms with E-state index in [9.17, 15) is 0 Å². The maximum Gasteiger partial charge on any atom is 1.00 e. The molecule has 0 aromatic heterocycles.